The molecule has 0 aromatic heterocycles. The lowest BCUT2D eigenvalue weighted by molar-refractivity contribution is 0.0636. The van der Waals surface area contributed by atoms with Crippen LogP contribution in [0.5, 0.6) is 0 Å². The van der Waals surface area contributed by atoms with Crippen LogP contribution >= 0.6 is 15.9 Å². The maximum absolute atomic E-state index is 13.5. The molecule has 0 aliphatic rings. The van der Waals surface area contributed by atoms with Crippen LogP contribution in [-0.2, 0) is 4.74 Å². The first kappa shape index (κ1) is 15.4. The smallest absolute Gasteiger partial charge is 0.412 e. The van der Waals surface area contributed by atoms with E-state index in [0.717, 1.165) is 6.07 Å². The number of carboxylic acid groups (broad SMARTS) is 1. The van der Waals surface area contributed by atoms with Crippen molar-refractivity contribution in [2.45, 2.75) is 26.4 Å². The van der Waals surface area contributed by atoms with Gasteiger partial charge in [0.05, 0.1) is 5.69 Å². The molecule has 1 aromatic carbocycles. The van der Waals surface area contributed by atoms with E-state index in [1.807, 2.05) is 0 Å². The van der Waals surface area contributed by atoms with Crippen molar-refractivity contribution in [2.24, 2.45) is 0 Å². The number of carbonyl (C=O) groups excluding carboxylic acids is 1. The van der Waals surface area contributed by atoms with E-state index in [0.29, 0.717) is 0 Å². The summed E-state index contributed by atoms with van der Waals surface area (Å²) in [6.07, 6.45) is -0.860. The van der Waals surface area contributed by atoms with Crippen LogP contribution in [0.4, 0.5) is 14.9 Å². The van der Waals surface area contributed by atoms with Crippen LogP contribution in [-0.4, -0.2) is 22.8 Å². The van der Waals surface area contributed by atoms with Gasteiger partial charge in [0.15, 0.2) is 0 Å². The number of halogens is 2. The largest absolute Gasteiger partial charge is 0.478 e. The molecular formula is C12H13BrFNO4. The highest BCUT2D eigenvalue weighted by Crippen LogP contribution is 2.29. The first-order valence-corrected chi connectivity index (χ1v) is 6.12. The predicted octanol–water partition coefficient (Wildman–Crippen LogP) is 3.63. The topological polar surface area (TPSA) is 75.6 Å². The molecule has 19 heavy (non-hydrogen) atoms. The zero-order valence-corrected chi connectivity index (χ0v) is 12.2. The molecular weight excluding hydrogens is 321 g/mol. The van der Waals surface area contributed by atoms with Gasteiger partial charge in [0, 0.05) is 4.47 Å². The number of carbonyl (C=O) groups is 2. The van der Waals surface area contributed by atoms with E-state index in [-0.39, 0.29) is 10.2 Å². The standard InChI is InChI=1S/C12H13BrFNO4/c1-12(2,3)19-11(18)15-9-6(13)4-5-7(14)8(9)10(16)17/h4-5H,1-3H3,(H,15,18)(H,16,17). The van der Waals surface area contributed by atoms with Gasteiger partial charge in [-0.1, -0.05) is 0 Å². The van der Waals surface area contributed by atoms with Gasteiger partial charge in [-0.2, -0.15) is 0 Å². The number of hydrogen-bond donors (Lipinski definition) is 2. The van der Waals surface area contributed by atoms with Crippen molar-refractivity contribution in [3.05, 3.63) is 28.0 Å². The zero-order valence-electron chi connectivity index (χ0n) is 10.6. The van der Waals surface area contributed by atoms with Crippen molar-refractivity contribution < 1.29 is 23.8 Å². The van der Waals surface area contributed by atoms with Crippen LogP contribution in [0.3, 0.4) is 0 Å². The number of anilines is 1. The van der Waals surface area contributed by atoms with E-state index in [1.54, 1.807) is 20.8 Å². The summed E-state index contributed by atoms with van der Waals surface area (Å²) in [5.41, 5.74) is -1.55. The van der Waals surface area contributed by atoms with Gasteiger partial charge >= 0.3 is 12.1 Å². The molecule has 0 aliphatic heterocycles. The Morgan fingerprint density at radius 1 is 1.37 bits per heavy atom. The Balaban J connectivity index is 3.10. The second-order valence-electron chi connectivity index (χ2n) is 4.71. The summed E-state index contributed by atoms with van der Waals surface area (Å²) < 4.78 is 18.7. The molecule has 0 radical (unpaired) electrons. The van der Waals surface area contributed by atoms with Crippen molar-refractivity contribution in [1.29, 1.82) is 0 Å². The number of benzene rings is 1. The Hall–Kier alpha value is -1.63. The summed E-state index contributed by atoms with van der Waals surface area (Å²) in [7, 11) is 0. The Morgan fingerprint density at radius 3 is 2.42 bits per heavy atom. The first-order valence-electron chi connectivity index (χ1n) is 5.33. The molecule has 0 fully saturated rings. The SMILES string of the molecule is CC(C)(C)OC(=O)Nc1c(Br)ccc(F)c1C(=O)O. The van der Waals surface area contributed by atoms with Gasteiger partial charge < -0.3 is 9.84 Å². The highest BCUT2D eigenvalue weighted by Gasteiger charge is 2.23. The first-order chi connectivity index (χ1) is 8.61. The summed E-state index contributed by atoms with van der Waals surface area (Å²) in [6.45, 7) is 4.97. The van der Waals surface area contributed by atoms with Crippen LogP contribution in [0.2, 0.25) is 0 Å². The van der Waals surface area contributed by atoms with E-state index < -0.39 is 29.0 Å². The second kappa shape index (κ2) is 5.56. The van der Waals surface area contributed by atoms with Gasteiger partial charge in [0.25, 0.3) is 0 Å². The van der Waals surface area contributed by atoms with Gasteiger partial charge in [0.2, 0.25) is 0 Å². The maximum Gasteiger partial charge on any atom is 0.412 e. The fourth-order valence-corrected chi connectivity index (χ4v) is 1.72. The highest BCUT2D eigenvalue weighted by atomic mass is 79.9. The number of amides is 1. The molecule has 104 valence electrons. The molecule has 7 heteroatoms. The molecule has 0 saturated carbocycles. The molecule has 0 unspecified atom stereocenters. The quantitative estimate of drug-likeness (QED) is 0.866. The average Bonchev–Trinajstić information content (AvgIpc) is 2.20. The molecule has 1 rings (SSSR count). The lowest BCUT2D eigenvalue weighted by Gasteiger charge is -2.20. The number of ether oxygens (including phenoxy) is 1. The molecule has 0 atom stereocenters. The van der Waals surface area contributed by atoms with Gasteiger partial charge in [-0.3, -0.25) is 5.32 Å². The molecule has 0 saturated heterocycles. The van der Waals surface area contributed by atoms with Gasteiger partial charge in [0.1, 0.15) is 17.0 Å². The molecule has 0 bridgehead atoms. The summed E-state index contributed by atoms with van der Waals surface area (Å²) in [6, 6.07) is 2.29. The zero-order chi connectivity index (χ0) is 14.8. The van der Waals surface area contributed by atoms with Crippen molar-refractivity contribution in [2.75, 3.05) is 5.32 Å². The third-order valence-corrected chi connectivity index (χ3v) is 2.60. The van der Waals surface area contributed by atoms with Crippen molar-refractivity contribution in [3.63, 3.8) is 0 Å². The molecule has 1 amide bonds. The number of carboxylic acids is 1. The van der Waals surface area contributed by atoms with Crippen molar-refractivity contribution in [3.8, 4) is 0 Å². The molecule has 5 nitrogen and oxygen atoms in total. The molecule has 1 aromatic rings. The fraction of sp³-hybridized carbons (Fsp3) is 0.333. The average molecular weight is 334 g/mol. The number of aromatic carboxylic acids is 1. The minimum atomic E-state index is -1.48. The monoisotopic (exact) mass is 333 g/mol. The third-order valence-electron chi connectivity index (χ3n) is 1.94. The number of hydrogen-bond acceptors (Lipinski definition) is 3. The van der Waals surface area contributed by atoms with Gasteiger partial charge in [-0.25, -0.2) is 14.0 Å². The van der Waals surface area contributed by atoms with Gasteiger partial charge in [-0.05, 0) is 48.8 Å². The van der Waals surface area contributed by atoms with E-state index in [4.69, 9.17) is 9.84 Å². The Bertz CT molecular complexity index is 525. The maximum atomic E-state index is 13.5. The van der Waals surface area contributed by atoms with E-state index in [1.165, 1.54) is 6.07 Å². The lowest BCUT2D eigenvalue weighted by Crippen LogP contribution is -2.28. The summed E-state index contributed by atoms with van der Waals surface area (Å²) >= 11 is 3.06. The van der Waals surface area contributed by atoms with Crippen LogP contribution < -0.4 is 5.32 Å². The molecule has 0 heterocycles. The fourth-order valence-electron chi connectivity index (χ4n) is 1.29. The van der Waals surface area contributed by atoms with E-state index >= 15 is 0 Å². The highest BCUT2D eigenvalue weighted by molar-refractivity contribution is 9.10. The third kappa shape index (κ3) is 4.20. The molecule has 0 aliphatic carbocycles. The Morgan fingerprint density at radius 2 is 1.95 bits per heavy atom. The Labute approximate surface area is 117 Å². The minimum Gasteiger partial charge on any atom is -0.478 e. The van der Waals surface area contributed by atoms with Crippen molar-refractivity contribution in [1.82, 2.24) is 0 Å². The molecule has 2 N–H and O–H groups in total. The van der Waals surface area contributed by atoms with Gasteiger partial charge in [-0.15, -0.1) is 0 Å². The number of nitrogens with one attached hydrogen (secondary N) is 1. The van der Waals surface area contributed by atoms with E-state index in [2.05, 4.69) is 21.2 Å². The van der Waals surface area contributed by atoms with Crippen LogP contribution in [0.25, 0.3) is 0 Å². The van der Waals surface area contributed by atoms with Crippen molar-refractivity contribution >= 4 is 33.7 Å². The summed E-state index contributed by atoms with van der Waals surface area (Å²) in [5.74, 6) is -2.42. The number of rotatable bonds is 2. The van der Waals surface area contributed by atoms with E-state index in [9.17, 15) is 14.0 Å². The summed E-state index contributed by atoms with van der Waals surface area (Å²) in [4.78, 5) is 22.6. The summed E-state index contributed by atoms with van der Waals surface area (Å²) in [5, 5.41) is 11.2. The normalized spacial score (nSPS) is 11.0. The molecule has 0 spiro atoms. The second-order valence-corrected chi connectivity index (χ2v) is 5.57. The predicted molar refractivity (Wildman–Crippen MR) is 70.9 cm³/mol. The van der Waals surface area contributed by atoms with Crippen LogP contribution in [0.15, 0.2) is 16.6 Å². The van der Waals surface area contributed by atoms with Crippen LogP contribution in [0, 0.1) is 5.82 Å². The Kier molecular flexibility index (Phi) is 4.52. The lowest BCUT2D eigenvalue weighted by atomic mass is 10.1. The minimum absolute atomic E-state index is 0.179. The van der Waals surface area contributed by atoms with Crippen LogP contribution in [0.1, 0.15) is 31.1 Å².